The first kappa shape index (κ1) is 16.4. The summed E-state index contributed by atoms with van der Waals surface area (Å²) in [5.74, 6) is 0.123. The Hall–Kier alpha value is -2.51. The van der Waals surface area contributed by atoms with Crippen LogP contribution in [0, 0.1) is 0 Å². The monoisotopic (exact) mass is 345 g/mol. The van der Waals surface area contributed by atoms with Gasteiger partial charge in [0, 0.05) is 5.56 Å². The van der Waals surface area contributed by atoms with E-state index in [4.69, 9.17) is 5.73 Å². The van der Waals surface area contributed by atoms with Crippen molar-refractivity contribution in [3.8, 4) is 0 Å². The van der Waals surface area contributed by atoms with E-state index in [0.717, 1.165) is 5.56 Å². The number of rotatable bonds is 1. The van der Waals surface area contributed by atoms with Crippen molar-refractivity contribution in [1.82, 2.24) is 0 Å². The van der Waals surface area contributed by atoms with E-state index in [2.05, 4.69) is 0 Å². The SMILES string of the molecule is NC1=[N+](c2cc(C(F)(F)F)cc(C(F)(F)F)c2)Cc2ccccc21. The van der Waals surface area contributed by atoms with Crippen LogP contribution < -0.4 is 5.73 Å². The average Bonchev–Trinajstić information content (AvgIpc) is 2.83. The molecule has 2 N–H and O–H groups in total. The van der Waals surface area contributed by atoms with E-state index in [-0.39, 0.29) is 24.1 Å². The molecule has 0 saturated carbocycles. The zero-order chi connectivity index (χ0) is 17.7. The lowest BCUT2D eigenvalue weighted by Gasteiger charge is -2.14. The summed E-state index contributed by atoms with van der Waals surface area (Å²) in [6.45, 7) is 0.112. The Morgan fingerprint density at radius 3 is 1.88 bits per heavy atom. The Morgan fingerprint density at radius 2 is 1.38 bits per heavy atom. The molecule has 0 fully saturated rings. The van der Waals surface area contributed by atoms with Crippen LogP contribution in [0.5, 0.6) is 0 Å². The van der Waals surface area contributed by atoms with Gasteiger partial charge in [-0.1, -0.05) is 18.2 Å². The van der Waals surface area contributed by atoms with Gasteiger partial charge in [-0.15, -0.1) is 0 Å². The quantitative estimate of drug-likeness (QED) is 0.606. The lowest BCUT2D eigenvalue weighted by atomic mass is 10.1. The fraction of sp³-hybridized carbons (Fsp3) is 0.188. The van der Waals surface area contributed by atoms with Gasteiger partial charge in [-0.2, -0.15) is 26.3 Å². The van der Waals surface area contributed by atoms with Gasteiger partial charge in [0.05, 0.1) is 16.7 Å². The second-order valence-corrected chi connectivity index (χ2v) is 5.39. The van der Waals surface area contributed by atoms with Gasteiger partial charge in [-0.25, -0.2) is 4.58 Å². The molecule has 0 atom stereocenters. The van der Waals surface area contributed by atoms with Crippen LogP contribution in [0.25, 0.3) is 0 Å². The van der Waals surface area contributed by atoms with Crippen LogP contribution in [0.2, 0.25) is 0 Å². The largest absolute Gasteiger partial charge is 0.416 e. The van der Waals surface area contributed by atoms with E-state index in [1.54, 1.807) is 24.3 Å². The molecule has 0 radical (unpaired) electrons. The minimum absolute atomic E-state index is 0.100. The minimum atomic E-state index is -4.89. The third kappa shape index (κ3) is 2.83. The first-order valence-corrected chi connectivity index (χ1v) is 6.85. The molecule has 2 aromatic rings. The molecule has 0 bridgehead atoms. The van der Waals surface area contributed by atoms with E-state index < -0.39 is 23.5 Å². The smallest absolute Gasteiger partial charge is 0.286 e. The second kappa shape index (κ2) is 5.25. The molecule has 2 nitrogen and oxygen atoms in total. The van der Waals surface area contributed by atoms with Crippen molar-refractivity contribution in [2.45, 2.75) is 18.9 Å². The molecule has 1 aliphatic heterocycles. The molecule has 0 aromatic heterocycles. The highest BCUT2D eigenvalue weighted by Crippen LogP contribution is 2.39. The van der Waals surface area contributed by atoms with E-state index in [1.807, 2.05) is 0 Å². The van der Waals surface area contributed by atoms with Crippen LogP contribution in [0.4, 0.5) is 32.0 Å². The van der Waals surface area contributed by atoms with Crippen LogP contribution >= 0.6 is 0 Å². The van der Waals surface area contributed by atoms with Crippen molar-refractivity contribution in [2.24, 2.45) is 5.73 Å². The molecular formula is C16H11F6N2+. The Balaban J connectivity index is 2.17. The number of fused-ring (bicyclic) bond motifs is 1. The maximum atomic E-state index is 13.0. The summed E-state index contributed by atoms with van der Waals surface area (Å²) in [5, 5.41) is 0. The topological polar surface area (TPSA) is 29.0 Å². The molecule has 8 heteroatoms. The standard InChI is InChI=1S/C16H10F6N2/c17-15(18,19)10-5-11(16(20,21)22)7-12(6-10)24-8-9-3-1-2-4-13(9)14(24)23/h1-7,23H,8H2/p+1. The molecule has 126 valence electrons. The number of alkyl halides is 6. The summed E-state index contributed by atoms with van der Waals surface area (Å²) < 4.78 is 79.0. The Labute approximate surface area is 132 Å². The van der Waals surface area contributed by atoms with Crippen molar-refractivity contribution < 1.29 is 30.9 Å². The number of hydrogen-bond acceptors (Lipinski definition) is 1. The minimum Gasteiger partial charge on any atom is -0.286 e. The summed E-state index contributed by atoms with van der Waals surface area (Å²) in [6.07, 6.45) is -9.78. The third-order valence-electron chi connectivity index (χ3n) is 3.80. The molecule has 0 unspecified atom stereocenters. The van der Waals surface area contributed by atoms with Crippen LogP contribution in [0.3, 0.4) is 0 Å². The van der Waals surface area contributed by atoms with Crippen molar-refractivity contribution in [3.63, 3.8) is 0 Å². The molecule has 1 aliphatic rings. The maximum Gasteiger partial charge on any atom is 0.416 e. The van der Waals surface area contributed by atoms with Gasteiger partial charge >= 0.3 is 12.4 Å². The van der Waals surface area contributed by atoms with Crippen molar-refractivity contribution in [1.29, 1.82) is 0 Å². The van der Waals surface area contributed by atoms with Crippen LogP contribution in [0.1, 0.15) is 22.3 Å². The van der Waals surface area contributed by atoms with Gasteiger partial charge in [-0.3, -0.25) is 5.73 Å². The Bertz CT molecular complexity index is 801. The van der Waals surface area contributed by atoms with Gasteiger partial charge in [0.15, 0.2) is 0 Å². The van der Waals surface area contributed by atoms with E-state index >= 15 is 0 Å². The zero-order valence-corrected chi connectivity index (χ0v) is 12.0. The normalized spacial score (nSPS) is 14.9. The van der Waals surface area contributed by atoms with E-state index in [9.17, 15) is 26.3 Å². The summed E-state index contributed by atoms with van der Waals surface area (Å²) >= 11 is 0. The van der Waals surface area contributed by atoms with Gasteiger partial charge in [0.1, 0.15) is 12.2 Å². The highest BCUT2D eigenvalue weighted by Gasteiger charge is 2.38. The lowest BCUT2D eigenvalue weighted by molar-refractivity contribution is -0.453. The number of halogens is 6. The number of nitrogens with two attached hydrogens (primary N) is 1. The highest BCUT2D eigenvalue weighted by atomic mass is 19.4. The van der Waals surface area contributed by atoms with Gasteiger partial charge in [0.2, 0.25) is 0 Å². The van der Waals surface area contributed by atoms with Gasteiger partial charge in [0.25, 0.3) is 5.84 Å². The fourth-order valence-electron chi connectivity index (χ4n) is 2.63. The number of hydrogen-bond donors (Lipinski definition) is 1. The van der Waals surface area contributed by atoms with Crippen LogP contribution in [-0.2, 0) is 18.9 Å². The molecule has 3 rings (SSSR count). The second-order valence-electron chi connectivity index (χ2n) is 5.39. The van der Waals surface area contributed by atoms with Crippen LogP contribution in [-0.4, -0.2) is 10.4 Å². The number of amidine groups is 1. The summed E-state index contributed by atoms with van der Waals surface area (Å²) in [7, 11) is 0. The molecule has 0 spiro atoms. The zero-order valence-electron chi connectivity index (χ0n) is 12.0. The molecular weight excluding hydrogens is 334 g/mol. The predicted octanol–water partition coefficient (Wildman–Crippen LogP) is 4.29. The Morgan fingerprint density at radius 1 is 0.833 bits per heavy atom. The molecule has 0 aliphatic carbocycles. The van der Waals surface area contributed by atoms with Crippen molar-refractivity contribution in [2.75, 3.05) is 0 Å². The van der Waals surface area contributed by atoms with Gasteiger partial charge < -0.3 is 0 Å². The lowest BCUT2D eigenvalue weighted by Crippen LogP contribution is -2.21. The average molecular weight is 345 g/mol. The maximum absolute atomic E-state index is 13.0. The van der Waals surface area contributed by atoms with E-state index in [0.29, 0.717) is 17.7 Å². The third-order valence-corrected chi connectivity index (χ3v) is 3.80. The summed E-state index contributed by atoms with van der Waals surface area (Å²) in [4.78, 5) is 0. The molecule has 24 heavy (non-hydrogen) atoms. The first-order chi connectivity index (χ1) is 11.1. The van der Waals surface area contributed by atoms with Gasteiger partial charge in [-0.05, 0) is 24.3 Å². The molecule has 1 heterocycles. The fourth-order valence-corrected chi connectivity index (χ4v) is 2.63. The molecule has 2 aromatic carbocycles. The highest BCUT2D eigenvalue weighted by molar-refractivity contribution is 5.97. The van der Waals surface area contributed by atoms with E-state index in [1.165, 1.54) is 4.58 Å². The Kier molecular flexibility index (Phi) is 3.58. The summed E-state index contributed by atoms with van der Waals surface area (Å²) in [6, 6.07) is 8.26. The molecule has 0 amide bonds. The predicted molar refractivity (Wildman–Crippen MR) is 74.8 cm³/mol. The van der Waals surface area contributed by atoms with Crippen LogP contribution in [0.15, 0.2) is 42.5 Å². The van der Waals surface area contributed by atoms with Crippen molar-refractivity contribution >= 4 is 11.5 Å². The molecule has 0 saturated heterocycles. The summed E-state index contributed by atoms with van der Waals surface area (Å²) in [5.41, 5.74) is 4.28. The first-order valence-electron chi connectivity index (χ1n) is 6.85. The number of nitrogens with zero attached hydrogens (tertiary/aromatic N) is 1. The van der Waals surface area contributed by atoms with Crippen molar-refractivity contribution in [3.05, 3.63) is 64.7 Å². The number of benzene rings is 2.